The second kappa shape index (κ2) is 5.38. The number of nitrogens with one attached hydrogen (secondary N) is 1. The van der Waals surface area contributed by atoms with Crippen LogP contribution in [0, 0.1) is 5.92 Å². The van der Waals surface area contributed by atoms with Crippen molar-refractivity contribution in [2.45, 2.75) is 31.0 Å². The third-order valence-corrected chi connectivity index (χ3v) is 3.66. The molecule has 1 aromatic rings. The van der Waals surface area contributed by atoms with Gasteiger partial charge < -0.3 is 10.4 Å². The van der Waals surface area contributed by atoms with E-state index in [9.17, 15) is 22.8 Å². The summed E-state index contributed by atoms with van der Waals surface area (Å²) in [6, 6.07) is 9.26. The molecule has 1 aliphatic rings. The number of amides is 1. The Kier molecular flexibility index (Phi) is 3.93. The first kappa shape index (κ1) is 15.3. The van der Waals surface area contributed by atoms with Crippen molar-refractivity contribution in [2.75, 3.05) is 0 Å². The molecule has 1 fully saturated rings. The molecule has 7 heteroatoms. The summed E-state index contributed by atoms with van der Waals surface area (Å²) in [6.45, 7) is 0. The van der Waals surface area contributed by atoms with Crippen LogP contribution in [0.3, 0.4) is 0 Å². The van der Waals surface area contributed by atoms with Crippen LogP contribution in [0.1, 0.15) is 18.4 Å². The van der Waals surface area contributed by atoms with Crippen LogP contribution in [0.15, 0.2) is 30.3 Å². The molecule has 0 bridgehead atoms. The molecular weight excluding hydrogens is 287 g/mol. The largest absolute Gasteiger partial charge is 0.480 e. The van der Waals surface area contributed by atoms with Crippen LogP contribution in [0.4, 0.5) is 13.2 Å². The highest BCUT2D eigenvalue weighted by molar-refractivity contribution is 5.90. The van der Waals surface area contributed by atoms with E-state index in [1.165, 1.54) is 0 Å². The zero-order valence-corrected chi connectivity index (χ0v) is 11.0. The first-order valence-corrected chi connectivity index (χ1v) is 6.39. The molecular formula is C14H14F3NO3. The highest BCUT2D eigenvalue weighted by Gasteiger charge is 2.54. The predicted octanol–water partition coefficient (Wildman–Crippen LogP) is 2.14. The normalized spacial score (nSPS) is 25.0. The summed E-state index contributed by atoms with van der Waals surface area (Å²) >= 11 is 0. The fourth-order valence-corrected chi connectivity index (χ4v) is 2.64. The summed E-state index contributed by atoms with van der Waals surface area (Å²) in [7, 11) is 0. The van der Waals surface area contributed by atoms with Crippen molar-refractivity contribution in [1.29, 1.82) is 0 Å². The minimum Gasteiger partial charge on any atom is -0.480 e. The van der Waals surface area contributed by atoms with Gasteiger partial charge in [0.25, 0.3) is 0 Å². The first-order chi connectivity index (χ1) is 9.73. The Morgan fingerprint density at radius 2 is 1.81 bits per heavy atom. The number of alkyl halides is 3. The van der Waals surface area contributed by atoms with E-state index in [0.29, 0.717) is 6.42 Å². The van der Waals surface area contributed by atoms with E-state index in [1.807, 2.05) is 30.3 Å². The van der Waals surface area contributed by atoms with Gasteiger partial charge in [0.2, 0.25) is 0 Å². The zero-order chi connectivity index (χ0) is 15.7. The number of hydrogen-bond donors (Lipinski definition) is 2. The lowest BCUT2D eigenvalue weighted by Crippen LogP contribution is -2.64. The van der Waals surface area contributed by atoms with Gasteiger partial charge in [-0.2, -0.15) is 13.2 Å². The third kappa shape index (κ3) is 3.34. The molecule has 114 valence electrons. The predicted molar refractivity (Wildman–Crippen MR) is 67.4 cm³/mol. The molecule has 2 rings (SSSR count). The zero-order valence-electron chi connectivity index (χ0n) is 11.0. The number of carboxylic acids is 1. The summed E-state index contributed by atoms with van der Waals surface area (Å²) in [6.07, 6.45) is -4.50. The van der Waals surface area contributed by atoms with E-state index in [1.54, 1.807) is 5.32 Å². The van der Waals surface area contributed by atoms with E-state index in [4.69, 9.17) is 5.11 Å². The van der Waals surface area contributed by atoms with Crippen molar-refractivity contribution in [1.82, 2.24) is 5.32 Å². The van der Waals surface area contributed by atoms with E-state index in [0.717, 1.165) is 5.56 Å². The van der Waals surface area contributed by atoms with E-state index >= 15 is 0 Å². The molecule has 4 nitrogen and oxygen atoms in total. The minimum absolute atomic E-state index is 0.000945. The number of carbonyl (C=O) groups excluding carboxylic acids is 1. The van der Waals surface area contributed by atoms with Gasteiger partial charge in [0.15, 0.2) is 0 Å². The van der Waals surface area contributed by atoms with Crippen LogP contribution in [0.2, 0.25) is 0 Å². The molecule has 0 aliphatic heterocycles. The summed E-state index contributed by atoms with van der Waals surface area (Å²) < 4.78 is 36.7. The van der Waals surface area contributed by atoms with Crippen LogP contribution in [-0.4, -0.2) is 28.7 Å². The van der Waals surface area contributed by atoms with Gasteiger partial charge in [0, 0.05) is 0 Å². The van der Waals surface area contributed by atoms with Crippen LogP contribution in [-0.2, 0) is 16.0 Å². The number of hydrogen-bond acceptors (Lipinski definition) is 2. The van der Waals surface area contributed by atoms with E-state index in [2.05, 4.69) is 0 Å². The van der Waals surface area contributed by atoms with Gasteiger partial charge in [-0.1, -0.05) is 30.3 Å². The van der Waals surface area contributed by atoms with Crippen molar-refractivity contribution in [3.05, 3.63) is 35.9 Å². The van der Waals surface area contributed by atoms with Crippen LogP contribution >= 0.6 is 0 Å². The molecule has 21 heavy (non-hydrogen) atoms. The van der Waals surface area contributed by atoms with E-state index < -0.39 is 23.6 Å². The second-order valence-electron chi connectivity index (χ2n) is 5.30. The molecule has 1 aromatic carbocycles. The van der Waals surface area contributed by atoms with Crippen molar-refractivity contribution < 1.29 is 27.9 Å². The number of halogens is 3. The Labute approximate surface area is 119 Å². The van der Waals surface area contributed by atoms with Crippen molar-refractivity contribution >= 4 is 11.9 Å². The van der Waals surface area contributed by atoms with Gasteiger partial charge in [-0.3, -0.25) is 4.79 Å². The standard InChI is InChI=1S/C14H14F3NO3/c15-14(16,17)11(19)18-13(12(20)21)7-10(8-13)6-9-4-2-1-3-5-9/h1-5,10H,6-8H2,(H,18,19)(H,20,21). The monoisotopic (exact) mass is 301 g/mol. The van der Waals surface area contributed by atoms with Gasteiger partial charge >= 0.3 is 18.1 Å². The molecule has 0 saturated heterocycles. The number of benzene rings is 1. The number of aliphatic carboxylic acids is 1. The fraction of sp³-hybridized carbons (Fsp3) is 0.429. The van der Waals surface area contributed by atoms with Crippen molar-refractivity contribution in [2.24, 2.45) is 5.92 Å². The van der Waals surface area contributed by atoms with Crippen LogP contribution < -0.4 is 5.32 Å². The Balaban J connectivity index is 1.98. The first-order valence-electron chi connectivity index (χ1n) is 6.39. The maximum atomic E-state index is 12.2. The van der Waals surface area contributed by atoms with Gasteiger partial charge in [0.1, 0.15) is 5.54 Å². The summed E-state index contributed by atoms with van der Waals surface area (Å²) in [5.74, 6) is -3.69. The highest BCUT2D eigenvalue weighted by atomic mass is 19.4. The van der Waals surface area contributed by atoms with Crippen molar-refractivity contribution in [3.8, 4) is 0 Å². The van der Waals surface area contributed by atoms with Crippen LogP contribution in [0.25, 0.3) is 0 Å². The van der Waals surface area contributed by atoms with Gasteiger partial charge in [-0.15, -0.1) is 0 Å². The second-order valence-corrected chi connectivity index (χ2v) is 5.30. The number of carbonyl (C=O) groups is 2. The Bertz CT molecular complexity index is 536. The Morgan fingerprint density at radius 3 is 2.29 bits per heavy atom. The molecule has 1 saturated carbocycles. The smallest absolute Gasteiger partial charge is 0.471 e. The van der Waals surface area contributed by atoms with Gasteiger partial charge in [0.05, 0.1) is 0 Å². The molecule has 0 aromatic heterocycles. The Hall–Kier alpha value is -2.05. The topological polar surface area (TPSA) is 66.4 Å². The lowest BCUT2D eigenvalue weighted by Gasteiger charge is -2.45. The maximum Gasteiger partial charge on any atom is 0.471 e. The maximum absolute atomic E-state index is 12.2. The van der Waals surface area contributed by atoms with Gasteiger partial charge in [-0.25, -0.2) is 4.79 Å². The molecule has 0 spiro atoms. The van der Waals surface area contributed by atoms with Crippen LogP contribution in [0.5, 0.6) is 0 Å². The average Bonchev–Trinajstić information content (AvgIpc) is 2.35. The summed E-state index contributed by atoms with van der Waals surface area (Å²) in [5, 5.41) is 10.7. The molecule has 1 aliphatic carbocycles. The summed E-state index contributed by atoms with van der Waals surface area (Å²) in [4.78, 5) is 22.1. The molecule has 1 amide bonds. The lowest BCUT2D eigenvalue weighted by molar-refractivity contribution is -0.180. The average molecular weight is 301 g/mol. The number of carboxylic acid groups (broad SMARTS) is 1. The fourth-order valence-electron chi connectivity index (χ4n) is 2.64. The third-order valence-electron chi connectivity index (χ3n) is 3.66. The van der Waals surface area contributed by atoms with Gasteiger partial charge in [-0.05, 0) is 30.7 Å². The van der Waals surface area contributed by atoms with Crippen molar-refractivity contribution in [3.63, 3.8) is 0 Å². The Morgan fingerprint density at radius 1 is 1.24 bits per heavy atom. The highest BCUT2D eigenvalue weighted by Crippen LogP contribution is 2.40. The minimum atomic E-state index is -5.08. The quantitative estimate of drug-likeness (QED) is 0.895. The molecule has 0 unspecified atom stereocenters. The van der Waals surface area contributed by atoms with E-state index in [-0.39, 0.29) is 18.8 Å². The molecule has 0 radical (unpaired) electrons. The lowest BCUT2D eigenvalue weighted by atomic mass is 9.66. The summed E-state index contributed by atoms with van der Waals surface area (Å²) in [5.41, 5.74) is -0.810. The number of rotatable bonds is 4. The SMILES string of the molecule is O=C(NC1(C(=O)O)CC(Cc2ccccc2)C1)C(F)(F)F. The molecule has 2 N–H and O–H groups in total. The molecule has 0 heterocycles. The molecule has 0 atom stereocenters.